The number of rotatable bonds is 7. The Bertz CT molecular complexity index is 658. The van der Waals surface area contributed by atoms with E-state index in [1.54, 1.807) is 31.2 Å². The van der Waals surface area contributed by atoms with Gasteiger partial charge in [0.2, 0.25) is 0 Å². The number of carbonyl (C=O) groups is 2. The Labute approximate surface area is 141 Å². The van der Waals surface area contributed by atoms with Crippen molar-refractivity contribution in [1.82, 2.24) is 5.06 Å². The first-order valence-corrected chi connectivity index (χ1v) is 7.88. The van der Waals surface area contributed by atoms with Crippen molar-refractivity contribution >= 4 is 11.9 Å². The third kappa shape index (κ3) is 4.93. The number of hydrogen-bond acceptors (Lipinski definition) is 4. The number of amides is 1. The van der Waals surface area contributed by atoms with Crippen LogP contribution in [-0.4, -0.2) is 28.2 Å². The predicted octanol–water partition coefficient (Wildman–Crippen LogP) is 4.07. The van der Waals surface area contributed by atoms with E-state index in [2.05, 4.69) is 0 Å². The van der Waals surface area contributed by atoms with E-state index < -0.39 is 12.1 Å². The number of ketones is 1. The fourth-order valence-corrected chi connectivity index (χ4v) is 2.29. The van der Waals surface area contributed by atoms with Gasteiger partial charge in [-0.05, 0) is 12.0 Å². The lowest BCUT2D eigenvalue weighted by molar-refractivity contribution is -0.106. The van der Waals surface area contributed by atoms with Crippen LogP contribution in [0.15, 0.2) is 60.7 Å². The van der Waals surface area contributed by atoms with Crippen molar-refractivity contribution in [3.8, 4) is 0 Å². The molecule has 0 aliphatic carbocycles. The summed E-state index contributed by atoms with van der Waals surface area (Å²) in [5.41, 5.74) is 1.38. The molecule has 1 unspecified atom stereocenters. The first-order chi connectivity index (χ1) is 11.6. The van der Waals surface area contributed by atoms with E-state index in [9.17, 15) is 14.8 Å². The summed E-state index contributed by atoms with van der Waals surface area (Å²) in [4.78, 5) is 24.2. The lowest BCUT2D eigenvalue weighted by atomic mass is 10.0. The molecular weight excluding hydrogens is 306 g/mol. The number of nitrogens with zero attached hydrogens (tertiary/aromatic N) is 1. The zero-order valence-corrected chi connectivity index (χ0v) is 13.6. The van der Waals surface area contributed by atoms with Crippen LogP contribution in [0.2, 0.25) is 0 Å². The maximum absolute atomic E-state index is 12.2. The van der Waals surface area contributed by atoms with Crippen molar-refractivity contribution < 1.29 is 19.5 Å². The molecule has 0 saturated carbocycles. The van der Waals surface area contributed by atoms with Crippen LogP contribution >= 0.6 is 0 Å². The second kappa shape index (κ2) is 8.84. The molecule has 0 fully saturated rings. The summed E-state index contributed by atoms with van der Waals surface area (Å²) in [7, 11) is 0. The normalized spacial score (nSPS) is 11.6. The van der Waals surface area contributed by atoms with Crippen LogP contribution in [0.1, 0.15) is 35.7 Å². The maximum atomic E-state index is 12.2. The van der Waals surface area contributed by atoms with Crippen LogP contribution in [0.3, 0.4) is 0 Å². The highest BCUT2D eigenvalue weighted by molar-refractivity contribution is 5.96. The van der Waals surface area contributed by atoms with Crippen LogP contribution in [0, 0.1) is 0 Å². The Hall–Kier alpha value is -2.66. The predicted molar refractivity (Wildman–Crippen MR) is 89.7 cm³/mol. The average molecular weight is 327 g/mol. The molecule has 5 heteroatoms. The molecule has 24 heavy (non-hydrogen) atoms. The van der Waals surface area contributed by atoms with E-state index in [1.807, 2.05) is 36.4 Å². The van der Waals surface area contributed by atoms with Crippen LogP contribution in [0.25, 0.3) is 0 Å². The van der Waals surface area contributed by atoms with E-state index in [0.717, 1.165) is 5.56 Å². The van der Waals surface area contributed by atoms with Crippen LogP contribution in [-0.2, 0) is 11.3 Å². The number of carbonyl (C=O) groups excluding carboxylic acids is 2. The van der Waals surface area contributed by atoms with Crippen molar-refractivity contribution in [1.29, 1.82) is 0 Å². The van der Waals surface area contributed by atoms with E-state index in [0.29, 0.717) is 17.0 Å². The highest BCUT2D eigenvalue weighted by Gasteiger charge is 2.25. The van der Waals surface area contributed by atoms with Gasteiger partial charge in [-0.1, -0.05) is 67.6 Å². The number of hydrogen-bond donors (Lipinski definition) is 1. The third-order valence-electron chi connectivity index (χ3n) is 3.73. The van der Waals surface area contributed by atoms with Crippen molar-refractivity contribution in [2.75, 3.05) is 0 Å². The molecule has 0 radical (unpaired) electrons. The third-order valence-corrected chi connectivity index (χ3v) is 3.73. The Morgan fingerprint density at radius 2 is 1.62 bits per heavy atom. The lowest BCUT2D eigenvalue weighted by Crippen LogP contribution is -2.39. The summed E-state index contributed by atoms with van der Waals surface area (Å²) in [5, 5.41) is 10.6. The largest absolute Gasteiger partial charge is 0.443 e. The van der Waals surface area contributed by atoms with Gasteiger partial charge in [0.05, 0.1) is 6.04 Å². The standard InChI is InChI=1S/C19H21NO4/c1-2-17(13-18(21)16-11-7-4-8-12-16)20(23)19(22)24-14-15-9-5-3-6-10-15/h3-12,17,23H,2,13-14H2,1H3. The topological polar surface area (TPSA) is 66.8 Å². The first kappa shape index (κ1) is 17.7. The number of Topliss-reactive ketones (excluding diaryl/α,β-unsaturated/α-hetero) is 1. The minimum absolute atomic E-state index is 0.0391. The minimum Gasteiger partial charge on any atom is -0.443 e. The van der Waals surface area contributed by atoms with Gasteiger partial charge in [-0.2, -0.15) is 5.06 Å². The van der Waals surface area contributed by atoms with E-state index in [-0.39, 0.29) is 18.8 Å². The van der Waals surface area contributed by atoms with E-state index in [1.165, 1.54) is 0 Å². The molecule has 126 valence electrons. The summed E-state index contributed by atoms with van der Waals surface area (Å²) >= 11 is 0. The van der Waals surface area contributed by atoms with Crippen LogP contribution < -0.4 is 0 Å². The van der Waals surface area contributed by atoms with Gasteiger partial charge in [0.1, 0.15) is 6.61 Å². The molecule has 1 atom stereocenters. The second-order valence-electron chi connectivity index (χ2n) is 5.44. The number of hydroxylamine groups is 2. The Kier molecular flexibility index (Phi) is 6.51. The van der Waals surface area contributed by atoms with Crippen molar-refractivity contribution in [3.05, 3.63) is 71.8 Å². The molecule has 5 nitrogen and oxygen atoms in total. The highest BCUT2D eigenvalue weighted by atomic mass is 16.6. The zero-order valence-electron chi connectivity index (χ0n) is 13.6. The smallest absolute Gasteiger partial charge is 0.434 e. The lowest BCUT2D eigenvalue weighted by Gasteiger charge is -2.23. The SMILES string of the molecule is CCC(CC(=O)c1ccccc1)N(O)C(=O)OCc1ccccc1. The van der Waals surface area contributed by atoms with Crippen molar-refractivity contribution in [2.45, 2.75) is 32.4 Å². The Morgan fingerprint density at radius 3 is 2.21 bits per heavy atom. The van der Waals surface area contributed by atoms with Gasteiger partial charge >= 0.3 is 6.09 Å². The minimum atomic E-state index is -0.855. The van der Waals surface area contributed by atoms with Crippen molar-refractivity contribution in [2.24, 2.45) is 0 Å². The summed E-state index contributed by atoms with van der Waals surface area (Å²) in [6.45, 7) is 1.87. The highest BCUT2D eigenvalue weighted by Crippen LogP contribution is 2.13. The van der Waals surface area contributed by atoms with Gasteiger partial charge in [-0.25, -0.2) is 4.79 Å². The zero-order chi connectivity index (χ0) is 17.4. The quantitative estimate of drug-likeness (QED) is 0.473. The molecule has 0 aliphatic rings. The molecular formula is C19H21NO4. The van der Waals surface area contributed by atoms with E-state index >= 15 is 0 Å². The number of ether oxygens (including phenoxy) is 1. The fraction of sp³-hybridized carbons (Fsp3) is 0.263. The molecule has 0 bridgehead atoms. The van der Waals surface area contributed by atoms with Gasteiger partial charge in [-0.3, -0.25) is 10.0 Å². The maximum Gasteiger partial charge on any atom is 0.434 e. The molecule has 2 rings (SSSR count). The second-order valence-corrected chi connectivity index (χ2v) is 5.44. The molecule has 2 aromatic carbocycles. The molecule has 0 spiro atoms. The van der Waals surface area contributed by atoms with E-state index in [4.69, 9.17) is 4.74 Å². The molecule has 1 N–H and O–H groups in total. The fourth-order valence-electron chi connectivity index (χ4n) is 2.29. The van der Waals surface area contributed by atoms with Crippen molar-refractivity contribution in [3.63, 3.8) is 0 Å². The summed E-state index contributed by atoms with van der Waals surface area (Å²) < 4.78 is 5.09. The monoisotopic (exact) mass is 327 g/mol. The molecule has 2 aromatic rings. The van der Waals surface area contributed by atoms with Gasteiger partial charge in [0.15, 0.2) is 5.78 Å². The van der Waals surface area contributed by atoms with Gasteiger partial charge in [0.25, 0.3) is 0 Å². The Balaban J connectivity index is 1.91. The van der Waals surface area contributed by atoms with Crippen LogP contribution in [0.5, 0.6) is 0 Å². The molecule has 0 saturated heterocycles. The summed E-state index contributed by atoms with van der Waals surface area (Å²) in [5.74, 6) is -0.127. The summed E-state index contributed by atoms with van der Waals surface area (Å²) in [6.07, 6.45) is -0.376. The molecule has 0 heterocycles. The summed E-state index contributed by atoms with van der Waals surface area (Å²) in [6, 6.07) is 17.4. The molecule has 0 aromatic heterocycles. The van der Waals surface area contributed by atoms with Gasteiger partial charge < -0.3 is 4.74 Å². The first-order valence-electron chi connectivity index (χ1n) is 7.88. The Morgan fingerprint density at radius 1 is 1.04 bits per heavy atom. The number of benzene rings is 2. The molecule has 1 amide bonds. The van der Waals surface area contributed by atoms with Crippen LogP contribution in [0.4, 0.5) is 4.79 Å². The molecule has 0 aliphatic heterocycles. The average Bonchev–Trinajstić information content (AvgIpc) is 2.65. The van der Waals surface area contributed by atoms with Gasteiger partial charge in [-0.15, -0.1) is 0 Å². The van der Waals surface area contributed by atoms with Gasteiger partial charge in [0, 0.05) is 12.0 Å².